The first kappa shape index (κ1) is 22.8. The van der Waals surface area contributed by atoms with Gasteiger partial charge in [0.25, 0.3) is 0 Å². The molecule has 0 radical (unpaired) electrons. The SMILES string of the molecule is N[C@@H]1C(=O)N2C(C(=O)OC(c3ccccc3)c3ccccc3)=C(SCC3=CC(=O)OC3)CS[C@H]12. The van der Waals surface area contributed by atoms with E-state index in [4.69, 9.17) is 15.2 Å². The maximum Gasteiger partial charge on any atom is 0.356 e. The Hall–Kier alpha value is -3.01. The largest absolute Gasteiger partial charge is 0.458 e. The quantitative estimate of drug-likeness (QED) is 0.463. The first-order chi connectivity index (χ1) is 16.5. The minimum absolute atomic E-state index is 0.239. The van der Waals surface area contributed by atoms with Crippen molar-refractivity contribution in [3.8, 4) is 0 Å². The van der Waals surface area contributed by atoms with Crippen LogP contribution in [0, 0.1) is 0 Å². The van der Waals surface area contributed by atoms with Gasteiger partial charge in [0.1, 0.15) is 23.7 Å². The highest BCUT2D eigenvalue weighted by Gasteiger charge is 2.52. The Kier molecular flexibility index (Phi) is 6.49. The highest BCUT2D eigenvalue weighted by atomic mass is 32.2. The van der Waals surface area contributed by atoms with Crippen LogP contribution < -0.4 is 5.73 Å². The molecule has 0 aliphatic carbocycles. The first-order valence-electron chi connectivity index (χ1n) is 10.8. The van der Waals surface area contributed by atoms with Crippen LogP contribution in [0.1, 0.15) is 17.2 Å². The molecule has 2 aromatic rings. The monoisotopic (exact) mass is 494 g/mol. The van der Waals surface area contributed by atoms with E-state index in [0.717, 1.165) is 21.6 Å². The molecule has 3 aliphatic rings. The average molecular weight is 495 g/mol. The number of amides is 1. The van der Waals surface area contributed by atoms with E-state index >= 15 is 0 Å². The third-order valence-electron chi connectivity index (χ3n) is 5.75. The summed E-state index contributed by atoms with van der Waals surface area (Å²) in [6.45, 7) is 0.242. The summed E-state index contributed by atoms with van der Waals surface area (Å²) in [6.07, 6.45) is 0.839. The summed E-state index contributed by atoms with van der Waals surface area (Å²) in [6, 6.07) is 18.4. The molecule has 0 bridgehead atoms. The zero-order valence-corrected chi connectivity index (χ0v) is 19.7. The van der Waals surface area contributed by atoms with Crippen LogP contribution >= 0.6 is 23.5 Å². The predicted octanol–water partition coefficient (Wildman–Crippen LogP) is 2.99. The number of cyclic esters (lactones) is 1. The number of carbonyl (C=O) groups excluding carboxylic acids is 3. The van der Waals surface area contributed by atoms with Crippen LogP contribution in [0.25, 0.3) is 0 Å². The number of fused-ring (bicyclic) bond motifs is 1. The van der Waals surface area contributed by atoms with Crippen LogP contribution in [0.5, 0.6) is 0 Å². The maximum atomic E-state index is 13.6. The van der Waals surface area contributed by atoms with E-state index in [1.807, 2.05) is 60.7 Å². The molecular weight excluding hydrogens is 472 g/mol. The Balaban J connectivity index is 1.46. The van der Waals surface area contributed by atoms with Gasteiger partial charge in [-0.25, -0.2) is 9.59 Å². The summed E-state index contributed by atoms with van der Waals surface area (Å²) in [5.74, 6) is -0.214. The molecule has 2 atom stereocenters. The van der Waals surface area contributed by atoms with E-state index < -0.39 is 18.1 Å². The van der Waals surface area contributed by atoms with Crippen molar-refractivity contribution in [2.24, 2.45) is 5.73 Å². The van der Waals surface area contributed by atoms with Crippen LogP contribution in [0.15, 0.2) is 82.9 Å². The number of thioether (sulfide) groups is 2. The number of rotatable bonds is 7. The fourth-order valence-corrected chi connectivity index (χ4v) is 6.54. The van der Waals surface area contributed by atoms with Gasteiger partial charge in [-0.3, -0.25) is 9.69 Å². The van der Waals surface area contributed by atoms with Gasteiger partial charge in [-0.05, 0) is 16.7 Å². The molecular formula is C25H22N2O5S2. The lowest BCUT2D eigenvalue weighted by atomic mass is 10.0. The number of carbonyl (C=O) groups is 3. The van der Waals surface area contributed by atoms with Gasteiger partial charge in [-0.1, -0.05) is 60.7 Å². The van der Waals surface area contributed by atoms with E-state index in [2.05, 4.69) is 0 Å². The van der Waals surface area contributed by atoms with Gasteiger partial charge in [-0.2, -0.15) is 0 Å². The normalized spacial score (nSPS) is 21.7. The second-order valence-corrected chi connectivity index (χ2v) is 10.2. The molecule has 0 spiro atoms. The molecule has 5 rings (SSSR count). The van der Waals surface area contributed by atoms with Crippen LogP contribution in [-0.2, 0) is 23.9 Å². The number of ether oxygens (including phenoxy) is 2. The van der Waals surface area contributed by atoms with Crippen molar-refractivity contribution >= 4 is 41.4 Å². The van der Waals surface area contributed by atoms with Crippen molar-refractivity contribution in [1.29, 1.82) is 0 Å². The number of hydrogen-bond acceptors (Lipinski definition) is 8. The van der Waals surface area contributed by atoms with Gasteiger partial charge in [0, 0.05) is 22.5 Å². The van der Waals surface area contributed by atoms with E-state index in [-0.39, 0.29) is 29.6 Å². The molecule has 2 aromatic carbocycles. The lowest BCUT2D eigenvalue weighted by Gasteiger charge is -2.48. The van der Waals surface area contributed by atoms with Crippen LogP contribution in [0.2, 0.25) is 0 Å². The minimum Gasteiger partial charge on any atom is -0.458 e. The van der Waals surface area contributed by atoms with Crippen molar-refractivity contribution < 1.29 is 23.9 Å². The van der Waals surface area contributed by atoms with E-state index in [9.17, 15) is 14.4 Å². The molecule has 1 amide bonds. The molecule has 0 saturated carbocycles. The lowest BCUT2D eigenvalue weighted by Crippen LogP contribution is -2.68. The summed E-state index contributed by atoms with van der Waals surface area (Å²) in [7, 11) is 0. The molecule has 3 aliphatic heterocycles. The predicted molar refractivity (Wildman–Crippen MR) is 130 cm³/mol. The van der Waals surface area contributed by atoms with E-state index in [1.54, 1.807) is 0 Å². The van der Waals surface area contributed by atoms with Crippen LogP contribution in [-0.4, -0.2) is 52.3 Å². The number of β-lactam (4-membered cyclic amide) rings is 1. The van der Waals surface area contributed by atoms with Crippen LogP contribution in [0.3, 0.4) is 0 Å². The van der Waals surface area contributed by atoms with E-state index in [1.165, 1.54) is 34.5 Å². The highest BCUT2D eigenvalue weighted by Crippen LogP contribution is 2.44. The molecule has 9 heteroatoms. The molecule has 1 saturated heterocycles. The molecule has 2 N–H and O–H groups in total. The topological polar surface area (TPSA) is 98.9 Å². The smallest absolute Gasteiger partial charge is 0.356 e. The molecule has 174 valence electrons. The number of benzene rings is 2. The molecule has 0 aromatic heterocycles. The Bertz CT molecular complexity index is 1140. The number of nitrogens with zero attached hydrogens (tertiary/aromatic N) is 1. The van der Waals surface area contributed by atoms with Crippen molar-refractivity contribution in [2.45, 2.75) is 17.5 Å². The summed E-state index contributed by atoms with van der Waals surface area (Å²) in [4.78, 5) is 39.8. The van der Waals surface area contributed by atoms with Crippen molar-refractivity contribution in [3.05, 3.63) is 94.0 Å². The third-order valence-corrected chi connectivity index (χ3v) is 8.44. The van der Waals surface area contributed by atoms with Crippen molar-refractivity contribution in [2.75, 3.05) is 18.1 Å². The van der Waals surface area contributed by atoms with Crippen LogP contribution in [0.4, 0.5) is 0 Å². The summed E-state index contributed by atoms with van der Waals surface area (Å²) >= 11 is 2.94. The van der Waals surface area contributed by atoms with Gasteiger partial charge in [0.15, 0.2) is 6.10 Å². The Morgan fingerprint density at radius 2 is 1.76 bits per heavy atom. The maximum absolute atomic E-state index is 13.6. The minimum atomic E-state index is -0.637. The molecule has 3 heterocycles. The number of hydrogen-bond donors (Lipinski definition) is 1. The first-order valence-corrected chi connectivity index (χ1v) is 12.8. The fraction of sp³-hybridized carbons (Fsp3) is 0.240. The zero-order chi connectivity index (χ0) is 23.7. The number of nitrogens with two attached hydrogens (primary N) is 1. The second kappa shape index (κ2) is 9.69. The van der Waals surface area contributed by atoms with Gasteiger partial charge < -0.3 is 15.2 Å². The van der Waals surface area contributed by atoms with Crippen molar-refractivity contribution in [1.82, 2.24) is 4.90 Å². The number of esters is 2. The Morgan fingerprint density at radius 3 is 2.35 bits per heavy atom. The zero-order valence-electron chi connectivity index (χ0n) is 18.1. The van der Waals surface area contributed by atoms with Gasteiger partial charge in [0.05, 0.1) is 0 Å². The molecule has 34 heavy (non-hydrogen) atoms. The van der Waals surface area contributed by atoms with Gasteiger partial charge >= 0.3 is 11.9 Å². The molecule has 7 nitrogen and oxygen atoms in total. The van der Waals surface area contributed by atoms with E-state index in [0.29, 0.717) is 11.5 Å². The Labute approximate surface area is 205 Å². The van der Waals surface area contributed by atoms with Gasteiger partial charge in [0.2, 0.25) is 5.91 Å². The fourth-order valence-electron chi connectivity index (χ4n) is 4.01. The third kappa shape index (κ3) is 4.38. The molecule has 0 unspecified atom stereocenters. The lowest BCUT2D eigenvalue weighted by molar-refractivity contribution is -0.152. The average Bonchev–Trinajstić information content (AvgIpc) is 3.30. The summed E-state index contributed by atoms with van der Waals surface area (Å²) in [5, 5.41) is -0.290. The summed E-state index contributed by atoms with van der Waals surface area (Å²) < 4.78 is 11.0. The summed E-state index contributed by atoms with van der Waals surface area (Å²) in [5.41, 5.74) is 8.73. The highest BCUT2D eigenvalue weighted by molar-refractivity contribution is 8.06. The second-order valence-electron chi connectivity index (χ2n) is 8.01. The molecule has 1 fully saturated rings. The van der Waals surface area contributed by atoms with Crippen molar-refractivity contribution in [3.63, 3.8) is 0 Å². The standard InChI is InChI=1S/C25H22N2O5S2/c26-20-23(29)27-21(18(14-34-24(20)27)33-13-15-11-19(28)31-12-15)25(30)32-22(16-7-3-1-4-8-16)17-9-5-2-6-10-17/h1-11,20,22,24H,12-14,26H2/t20-,24-/m1/s1. The van der Waals surface area contributed by atoms with Gasteiger partial charge in [-0.15, -0.1) is 23.5 Å². The Morgan fingerprint density at radius 1 is 1.12 bits per heavy atom.